The molecule has 0 fully saturated rings. The van der Waals surface area contributed by atoms with E-state index in [9.17, 15) is 4.79 Å². The van der Waals surface area contributed by atoms with E-state index in [4.69, 9.17) is 10.6 Å². The molecule has 0 radical (unpaired) electrons. The van der Waals surface area contributed by atoms with E-state index in [2.05, 4.69) is 5.48 Å². The summed E-state index contributed by atoms with van der Waals surface area (Å²) in [7, 11) is 0. The Morgan fingerprint density at radius 1 is 1.55 bits per heavy atom. The van der Waals surface area contributed by atoms with Crippen LogP contribution in [0.3, 0.4) is 0 Å². The third kappa shape index (κ3) is 5.82. The van der Waals surface area contributed by atoms with Crippen LogP contribution in [0.15, 0.2) is 0 Å². The van der Waals surface area contributed by atoms with Crippen LogP contribution in [0.2, 0.25) is 0 Å². The van der Waals surface area contributed by atoms with Gasteiger partial charge in [-0.3, -0.25) is 9.63 Å². The van der Waals surface area contributed by atoms with Crippen molar-refractivity contribution in [1.29, 1.82) is 0 Å². The van der Waals surface area contributed by atoms with Crippen LogP contribution in [-0.2, 0) is 9.63 Å². The predicted molar refractivity (Wildman–Crippen MR) is 42.6 cm³/mol. The van der Waals surface area contributed by atoms with Gasteiger partial charge in [0.1, 0.15) is 0 Å². The second-order valence-corrected chi connectivity index (χ2v) is 3.47. The number of nitrogens with one attached hydrogen (secondary N) is 1. The first kappa shape index (κ1) is 10.4. The molecule has 0 aliphatic rings. The number of hydrogen-bond donors (Lipinski definition) is 2. The number of amides is 1. The molecular weight excluding hydrogens is 144 g/mol. The summed E-state index contributed by atoms with van der Waals surface area (Å²) in [6, 6.07) is -0.530. The monoisotopic (exact) mass is 160 g/mol. The normalized spacial score (nSPS) is 14.3. The fraction of sp³-hybridized carbons (Fsp3) is 0.857. The van der Waals surface area contributed by atoms with Gasteiger partial charge in [0.2, 0.25) is 0 Å². The Balaban J connectivity index is 3.64. The Morgan fingerprint density at radius 3 is 2.27 bits per heavy atom. The van der Waals surface area contributed by atoms with Crippen molar-refractivity contribution in [3.8, 4) is 0 Å². The molecule has 66 valence electrons. The van der Waals surface area contributed by atoms with Gasteiger partial charge in [0.15, 0.2) is 0 Å². The maximum Gasteiger partial charge on any atom is 0.260 e. The zero-order valence-corrected chi connectivity index (χ0v) is 7.47. The van der Waals surface area contributed by atoms with E-state index in [1.54, 1.807) is 6.92 Å². The number of nitrogens with two attached hydrogens (primary N) is 1. The van der Waals surface area contributed by atoms with E-state index >= 15 is 0 Å². The third-order valence-electron chi connectivity index (χ3n) is 0.871. The quantitative estimate of drug-likeness (QED) is 0.566. The molecular formula is C7H16N2O2. The zero-order chi connectivity index (χ0) is 9.07. The lowest BCUT2D eigenvalue weighted by molar-refractivity contribution is -0.146. The standard InChI is InChI=1S/C7H16N2O2/c1-5(8)6(10)9-11-7(2,3)4/h5H,8H2,1-4H3,(H,9,10)/t5-/m1/s1. The molecule has 0 aromatic carbocycles. The van der Waals surface area contributed by atoms with E-state index in [0.717, 1.165) is 0 Å². The van der Waals surface area contributed by atoms with Gasteiger partial charge in [-0.25, -0.2) is 5.48 Å². The molecule has 4 nitrogen and oxygen atoms in total. The molecule has 0 aliphatic carbocycles. The van der Waals surface area contributed by atoms with Gasteiger partial charge in [-0.15, -0.1) is 0 Å². The lowest BCUT2D eigenvalue weighted by Crippen LogP contribution is -2.42. The number of hydroxylamine groups is 1. The number of hydrogen-bond acceptors (Lipinski definition) is 3. The van der Waals surface area contributed by atoms with Crippen molar-refractivity contribution in [3.05, 3.63) is 0 Å². The molecule has 0 saturated heterocycles. The first-order valence-electron chi connectivity index (χ1n) is 3.56. The molecule has 4 heteroatoms. The van der Waals surface area contributed by atoms with Gasteiger partial charge >= 0.3 is 0 Å². The van der Waals surface area contributed by atoms with Crippen molar-refractivity contribution in [3.63, 3.8) is 0 Å². The molecule has 1 amide bonds. The number of rotatable bonds is 2. The van der Waals surface area contributed by atoms with Crippen molar-refractivity contribution in [2.45, 2.75) is 39.3 Å². The highest BCUT2D eigenvalue weighted by atomic mass is 16.7. The highest BCUT2D eigenvalue weighted by Gasteiger charge is 2.14. The van der Waals surface area contributed by atoms with Crippen molar-refractivity contribution < 1.29 is 9.63 Å². The summed E-state index contributed by atoms with van der Waals surface area (Å²) in [5, 5.41) is 0. The Kier molecular flexibility index (Phi) is 3.48. The Labute approximate surface area is 67.0 Å². The summed E-state index contributed by atoms with van der Waals surface area (Å²) in [6.45, 7) is 7.12. The predicted octanol–water partition coefficient (Wildman–Crippen LogP) is 0.180. The molecule has 3 N–H and O–H groups in total. The summed E-state index contributed by atoms with van der Waals surface area (Å²) in [4.78, 5) is 15.8. The molecule has 1 atom stereocenters. The van der Waals surface area contributed by atoms with E-state index < -0.39 is 6.04 Å². The van der Waals surface area contributed by atoms with Crippen molar-refractivity contribution >= 4 is 5.91 Å². The summed E-state index contributed by atoms with van der Waals surface area (Å²) < 4.78 is 0. The lowest BCUT2D eigenvalue weighted by Gasteiger charge is -2.19. The van der Waals surface area contributed by atoms with Crippen LogP contribution >= 0.6 is 0 Å². The molecule has 0 aromatic heterocycles. The van der Waals surface area contributed by atoms with E-state index in [0.29, 0.717) is 0 Å². The molecule has 0 unspecified atom stereocenters. The largest absolute Gasteiger partial charge is 0.320 e. The Morgan fingerprint density at radius 2 is 2.00 bits per heavy atom. The molecule has 0 heterocycles. The minimum absolute atomic E-state index is 0.306. The summed E-state index contributed by atoms with van der Waals surface area (Å²) >= 11 is 0. The summed E-state index contributed by atoms with van der Waals surface area (Å²) in [5.74, 6) is -0.306. The Hall–Kier alpha value is -0.610. The van der Waals surface area contributed by atoms with Crippen LogP contribution in [0, 0.1) is 0 Å². The van der Waals surface area contributed by atoms with Crippen LogP contribution in [0.4, 0.5) is 0 Å². The zero-order valence-electron chi connectivity index (χ0n) is 7.47. The van der Waals surface area contributed by atoms with Crippen molar-refractivity contribution in [2.24, 2.45) is 5.73 Å². The van der Waals surface area contributed by atoms with Gasteiger partial charge in [0, 0.05) is 0 Å². The van der Waals surface area contributed by atoms with Gasteiger partial charge in [0.05, 0.1) is 11.6 Å². The summed E-state index contributed by atoms with van der Waals surface area (Å²) in [5.41, 5.74) is 7.16. The van der Waals surface area contributed by atoms with Gasteiger partial charge < -0.3 is 5.73 Å². The minimum atomic E-state index is -0.530. The highest BCUT2D eigenvalue weighted by molar-refractivity contribution is 5.79. The van der Waals surface area contributed by atoms with Crippen LogP contribution in [0.1, 0.15) is 27.7 Å². The second kappa shape index (κ2) is 3.69. The molecule has 0 aliphatic heterocycles. The number of carbonyl (C=O) groups is 1. The third-order valence-corrected chi connectivity index (χ3v) is 0.871. The van der Waals surface area contributed by atoms with Crippen molar-refractivity contribution in [1.82, 2.24) is 5.48 Å². The second-order valence-electron chi connectivity index (χ2n) is 3.47. The maximum absolute atomic E-state index is 10.8. The average molecular weight is 160 g/mol. The molecule has 0 bridgehead atoms. The first-order chi connectivity index (χ1) is 4.83. The fourth-order valence-corrected chi connectivity index (χ4v) is 0.296. The maximum atomic E-state index is 10.8. The van der Waals surface area contributed by atoms with Crippen LogP contribution in [0.5, 0.6) is 0 Å². The van der Waals surface area contributed by atoms with E-state index in [1.807, 2.05) is 20.8 Å². The van der Waals surface area contributed by atoms with Gasteiger partial charge in [-0.1, -0.05) is 0 Å². The van der Waals surface area contributed by atoms with E-state index in [-0.39, 0.29) is 11.5 Å². The van der Waals surface area contributed by atoms with Crippen LogP contribution in [0.25, 0.3) is 0 Å². The SMILES string of the molecule is C[C@@H](N)C(=O)NOC(C)(C)C. The molecule has 11 heavy (non-hydrogen) atoms. The molecule has 0 aromatic rings. The number of carbonyl (C=O) groups excluding carboxylic acids is 1. The van der Waals surface area contributed by atoms with Gasteiger partial charge in [-0.2, -0.15) is 0 Å². The van der Waals surface area contributed by atoms with Crippen molar-refractivity contribution in [2.75, 3.05) is 0 Å². The highest BCUT2D eigenvalue weighted by Crippen LogP contribution is 2.03. The van der Waals surface area contributed by atoms with Gasteiger partial charge in [-0.05, 0) is 27.7 Å². The van der Waals surface area contributed by atoms with Gasteiger partial charge in [0.25, 0.3) is 5.91 Å². The minimum Gasteiger partial charge on any atom is -0.320 e. The van der Waals surface area contributed by atoms with Crippen LogP contribution in [-0.4, -0.2) is 17.6 Å². The average Bonchev–Trinajstić information content (AvgIpc) is 1.80. The molecule has 0 saturated carbocycles. The first-order valence-corrected chi connectivity index (χ1v) is 3.56. The Bertz CT molecular complexity index is 138. The topological polar surface area (TPSA) is 64.4 Å². The van der Waals surface area contributed by atoms with E-state index in [1.165, 1.54) is 0 Å². The fourth-order valence-electron chi connectivity index (χ4n) is 0.296. The lowest BCUT2D eigenvalue weighted by atomic mass is 10.2. The molecule has 0 spiro atoms. The van der Waals surface area contributed by atoms with Crippen LogP contribution < -0.4 is 11.2 Å². The molecule has 0 rings (SSSR count). The summed E-state index contributed by atoms with van der Waals surface area (Å²) in [6.07, 6.45) is 0. The smallest absolute Gasteiger partial charge is 0.260 e.